The van der Waals surface area contributed by atoms with E-state index in [1.165, 1.54) is 0 Å². The summed E-state index contributed by atoms with van der Waals surface area (Å²) in [6.45, 7) is 6.40. The molecule has 0 unspecified atom stereocenters. The molecule has 21 heavy (non-hydrogen) atoms. The van der Waals surface area contributed by atoms with E-state index in [2.05, 4.69) is 0 Å². The first-order chi connectivity index (χ1) is 9.88. The molecule has 2 aliphatic rings. The zero-order chi connectivity index (χ0) is 15.5. The van der Waals surface area contributed by atoms with Gasteiger partial charge in [0.2, 0.25) is 0 Å². The van der Waals surface area contributed by atoms with Gasteiger partial charge in [0.05, 0.1) is 0 Å². The van der Waals surface area contributed by atoms with Crippen molar-refractivity contribution in [2.75, 3.05) is 6.54 Å². The average molecular weight is 295 g/mol. The smallest absolute Gasteiger partial charge is 0.410 e. The molecule has 0 aromatic heterocycles. The maximum absolute atomic E-state index is 12.5. The third kappa shape index (κ3) is 4.45. The first-order valence-corrected chi connectivity index (χ1v) is 8.41. The molecular weight excluding hydrogens is 266 g/mol. The molecule has 4 nitrogen and oxygen atoms in total. The number of hydrogen-bond acceptors (Lipinski definition) is 3. The number of ether oxygens (including phenoxy) is 1. The van der Waals surface area contributed by atoms with Gasteiger partial charge >= 0.3 is 6.09 Å². The largest absolute Gasteiger partial charge is 0.444 e. The van der Waals surface area contributed by atoms with Crippen LogP contribution in [0.25, 0.3) is 0 Å². The maximum atomic E-state index is 12.5. The van der Waals surface area contributed by atoms with E-state index in [4.69, 9.17) is 4.74 Å². The molecule has 4 heteroatoms. The highest BCUT2D eigenvalue weighted by molar-refractivity contribution is 5.83. The minimum Gasteiger partial charge on any atom is -0.444 e. The predicted octanol–water partition coefficient (Wildman–Crippen LogP) is 3.93. The average Bonchev–Trinajstić information content (AvgIpc) is 2.63. The first-order valence-electron chi connectivity index (χ1n) is 8.41. The van der Waals surface area contributed by atoms with Crippen molar-refractivity contribution >= 4 is 11.9 Å². The molecule has 1 saturated heterocycles. The van der Waals surface area contributed by atoms with Crippen molar-refractivity contribution < 1.29 is 14.3 Å². The van der Waals surface area contributed by atoms with Crippen LogP contribution >= 0.6 is 0 Å². The van der Waals surface area contributed by atoms with Gasteiger partial charge in [-0.15, -0.1) is 0 Å². The van der Waals surface area contributed by atoms with Crippen molar-refractivity contribution in [1.29, 1.82) is 0 Å². The molecule has 0 spiro atoms. The Bertz CT molecular complexity index is 386. The van der Waals surface area contributed by atoms with Crippen LogP contribution in [0.5, 0.6) is 0 Å². The molecule has 0 N–H and O–H groups in total. The molecule has 1 amide bonds. The van der Waals surface area contributed by atoms with Gasteiger partial charge in [0, 0.05) is 24.9 Å². The summed E-state index contributed by atoms with van der Waals surface area (Å²) in [5, 5.41) is 0. The zero-order valence-corrected chi connectivity index (χ0v) is 13.7. The lowest BCUT2D eigenvalue weighted by molar-refractivity contribution is -0.127. The third-order valence-electron chi connectivity index (χ3n) is 4.49. The monoisotopic (exact) mass is 295 g/mol. The highest BCUT2D eigenvalue weighted by Gasteiger charge is 2.38. The number of nitrogens with zero attached hydrogens (tertiary/aromatic N) is 1. The Kier molecular flexibility index (Phi) is 5.28. The van der Waals surface area contributed by atoms with Gasteiger partial charge in [0.25, 0.3) is 0 Å². The Morgan fingerprint density at radius 1 is 1.10 bits per heavy atom. The lowest BCUT2D eigenvalue weighted by atomic mass is 9.80. The molecule has 1 heterocycles. The summed E-state index contributed by atoms with van der Waals surface area (Å²) in [7, 11) is 0. The second-order valence-electron chi connectivity index (χ2n) is 7.41. The minimum atomic E-state index is -0.482. The van der Waals surface area contributed by atoms with Crippen LogP contribution in [0, 0.1) is 5.92 Å². The van der Waals surface area contributed by atoms with E-state index in [-0.39, 0.29) is 18.1 Å². The van der Waals surface area contributed by atoms with E-state index in [0.717, 1.165) is 51.5 Å². The second-order valence-corrected chi connectivity index (χ2v) is 7.41. The minimum absolute atomic E-state index is 0.0318. The van der Waals surface area contributed by atoms with E-state index in [0.29, 0.717) is 12.2 Å². The van der Waals surface area contributed by atoms with Gasteiger partial charge < -0.3 is 9.64 Å². The Morgan fingerprint density at radius 2 is 1.81 bits per heavy atom. The topological polar surface area (TPSA) is 46.6 Å². The Labute approximate surface area is 128 Å². The van der Waals surface area contributed by atoms with Gasteiger partial charge in [-0.1, -0.05) is 19.3 Å². The summed E-state index contributed by atoms with van der Waals surface area (Å²) in [6.07, 6.45) is 7.68. The second kappa shape index (κ2) is 6.80. The van der Waals surface area contributed by atoms with Crippen LogP contribution < -0.4 is 0 Å². The molecule has 1 aliphatic heterocycles. The highest BCUT2D eigenvalue weighted by atomic mass is 16.6. The van der Waals surface area contributed by atoms with Crippen LogP contribution in [0.3, 0.4) is 0 Å². The van der Waals surface area contributed by atoms with Gasteiger partial charge in [0.1, 0.15) is 11.4 Å². The van der Waals surface area contributed by atoms with E-state index in [9.17, 15) is 9.59 Å². The van der Waals surface area contributed by atoms with Crippen LogP contribution in [0.4, 0.5) is 4.79 Å². The normalized spacial score (nSPS) is 28.1. The van der Waals surface area contributed by atoms with E-state index < -0.39 is 5.60 Å². The standard InChI is InChI=1S/C17H29NO3/c1-17(2,3)21-16(20)18-12-8-4-5-10-14(18)13-9-6-7-11-15(13)19/h13-14H,4-12H2,1-3H3/t13-,14-/m0/s1. The van der Waals surface area contributed by atoms with Crippen LogP contribution in [0.1, 0.15) is 72.1 Å². The fourth-order valence-corrected chi connectivity index (χ4v) is 3.52. The van der Waals surface area contributed by atoms with E-state index in [1.54, 1.807) is 0 Å². The molecular formula is C17H29NO3. The first kappa shape index (κ1) is 16.3. The molecule has 0 radical (unpaired) electrons. The van der Waals surface area contributed by atoms with E-state index >= 15 is 0 Å². The number of likely N-dealkylation sites (tertiary alicyclic amines) is 1. The van der Waals surface area contributed by atoms with Gasteiger partial charge in [0.15, 0.2) is 0 Å². The number of carbonyl (C=O) groups is 2. The van der Waals surface area contributed by atoms with Crippen molar-refractivity contribution in [1.82, 2.24) is 4.90 Å². The zero-order valence-electron chi connectivity index (χ0n) is 13.7. The third-order valence-corrected chi connectivity index (χ3v) is 4.49. The lowest BCUT2D eigenvalue weighted by Gasteiger charge is -2.37. The lowest BCUT2D eigenvalue weighted by Crippen LogP contribution is -2.49. The number of rotatable bonds is 1. The van der Waals surface area contributed by atoms with Gasteiger partial charge in [-0.2, -0.15) is 0 Å². The van der Waals surface area contributed by atoms with Crippen LogP contribution in [0.15, 0.2) is 0 Å². The van der Waals surface area contributed by atoms with Gasteiger partial charge in [-0.25, -0.2) is 4.79 Å². The van der Waals surface area contributed by atoms with E-state index in [1.807, 2.05) is 25.7 Å². The fourth-order valence-electron chi connectivity index (χ4n) is 3.52. The highest BCUT2D eigenvalue weighted by Crippen LogP contribution is 2.32. The van der Waals surface area contributed by atoms with Crippen molar-refractivity contribution in [3.63, 3.8) is 0 Å². The Hall–Kier alpha value is -1.06. The summed E-state index contributed by atoms with van der Waals surface area (Å²) in [5.41, 5.74) is -0.482. The van der Waals surface area contributed by atoms with Gasteiger partial charge in [-0.3, -0.25) is 4.79 Å². The molecule has 2 fully saturated rings. The van der Waals surface area contributed by atoms with Gasteiger partial charge in [-0.05, 0) is 46.5 Å². The van der Waals surface area contributed by atoms with Crippen molar-refractivity contribution in [2.24, 2.45) is 5.92 Å². The summed E-state index contributed by atoms with van der Waals surface area (Å²) in [6, 6.07) is 0.0511. The van der Waals surface area contributed by atoms with Crippen LogP contribution in [-0.2, 0) is 9.53 Å². The molecule has 120 valence electrons. The SMILES string of the molecule is CC(C)(C)OC(=O)N1CCCCC[C@H]1[C@@H]1CCCCC1=O. The van der Waals surface area contributed by atoms with Crippen LogP contribution in [0.2, 0.25) is 0 Å². The number of amides is 1. The number of ketones is 1. The molecule has 0 aromatic rings. The summed E-state index contributed by atoms with van der Waals surface area (Å²) < 4.78 is 5.56. The maximum Gasteiger partial charge on any atom is 0.410 e. The number of Topliss-reactive ketones (excluding diaryl/α,β-unsaturated/α-hetero) is 1. The van der Waals surface area contributed by atoms with Crippen molar-refractivity contribution in [3.8, 4) is 0 Å². The quantitative estimate of drug-likeness (QED) is 0.736. The molecule has 0 bridgehead atoms. The molecule has 1 saturated carbocycles. The molecule has 1 aliphatic carbocycles. The molecule has 2 atom stereocenters. The predicted molar refractivity (Wildman–Crippen MR) is 82.2 cm³/mol. The Balaban J connectivity index is 2.13. The number of carbonyl (C=O) groups excluding carboxylic acids is 2. The van der Waals surface area contributed by atoms with Crippen LogP contribution in [-0.4, -0.2) is 35.0 Å². The summed E-state index contributed by atoms with van der Waals surface area (Å²) in [5.74, 6) is 0.381. The summed E-state index contributed by atoms with van der Waals surface area (Å²) >= 11 is 0. The van der Waals surface area contributed by atoms with Crippen molar-refractivity contribution in [3.05, 3.63) is 0 Å². The summed E-state index contributed by atoms with van der Waals surface area (Å²) in [4.78, 5) is 26.7. The van der Waals surface area contributed by atoms with Crippen molar-refractivity contribution in [2.45, 2.75) is 83.8 Å². The molecule has 2 rings (SSSR count). The fraction of sp³-hybridized carbons (Fsp3) is 0.882. The number of hydrogen-bond donors (Lipinski definition) is 0. The molecule has 0 aromatic carbocycles. The Morgan fingerprint density at radius 3 is 2.48 bits per heavy atom.